The first kappa shape index (κ1) is 12.2. The maximum atomic E-state index is 11.2. The molecule has 0 amide bonds. The Hall–Kier alpha value is -2.29. The number of aromatic nitrogens is 1. The number of esters is 1. The second-order valence-corrected chi connectivity index (χ2v) is 3.80. The molecule has 92 valence electrons. The van der Waals surface area contributed by atoms with Crippen molar-refractivity contribution in [3.63, 3.8) is 0 Å². The van der Waals surface area contributed by atoms with Crippen molar-refractivity contribution in [1.29, 1.82) is 0 Å². The Morgan fingerprint density at radius 1 is 1.33 bits per heavy atom. The Morgan fingerprint density at radius 2 is 2.11 bits per heavy atom. The molecule has 0 saturated heterocycles. The number of aromatic amines is 1. The van der Waals surface area contributed by atoms with Crippen LogP contribution in [-0.4, -0.2) is 17.6 Å². The zero-order valence-electron chi connectivity index (χ0n) is 10.2. The van der Waals surface area contributed by atoms with Gasteiger partial charge in [-0.1, -0.05) is 30.3 Å². The van der Waals surface area contributed by atoms with E-state index in [4.69, 9.17) is 4.74 Å². The zero-order chi connectivity index (χ0) is 12.8. The van der Waals surface area contributed by atoms with Gasteiger partial charge in [-0.25, -0.2) is 4.79 Å². The normalized spacial score (nSPS) is 10.7. The Morgan fingerprint density at radius 3 is 2.83 bits per heavy atom. The van der Waals surface area contributed by atoms with Crippen LogP contribution in [0.5, 0.6) is 0 Å². The lowest BCUT2D eigenvalue weighted by Crippen LogP contribution is -1.98. The van der Waals surface area contributed by atoms with Crippen molar-refractivity contribution in [1.82, 2.24) is 4.98 Å². The summed E-state index contributed by atoms with van der Waals surface area (Å²) < 4.78 is 4.82. The summed E-state index contributed by atoms with van der Waals surface area (Å²) >= 11 is 0. The molecule has 0 aliphatic rings. The van der Waals surface area contributed by atoms with Crippen molar-refractivity contribution in [2.75, 3.05) is 6.61 Å². The van der Waals surface area contributed by atoms with Gasteiger partial charge in [-0.2, -0.15) is 0 Å². The van der Waals surface area contributed by atoms with Crippen molar-refractivity contribution in [3.8, 4) is 11.3 Å². The molecule has 1 aromatic carbocycles. The maximum Gasteiger partial charge on any atom is 0.330 e. The van der Waals surface area contributed by atoms with Crippen LogP contribution in [0.15, 0.2) is 48.7 Å². The van der Waals surface area contributed by atoms with Crippen LogP contribution < -0.4 is 0 Å². The summed E-state index contributed by atoms with van der Waals surface area (Å²) in [5.41, 5.74) is 3.09. The number of carbonyl (C=O) groups is 1. The third-order valence-electron chi connectivity index (χ3n) is 2.49. The van der Waals surface area contributed by atoms with Gasteiger partial charge in [-0.05, 0) is 30.2 Å². The number of hydrogen-bond donors (Lipinski definition) is 1. The molecule has 18 heavy (non-hydrogen) atoms. The number of nitrogens with one attached hydrogen (secondary N) is 1. The molecule has 0 aliphatic heterocycles. The fourth-order valence-corrected chi connectivity index (χ4v) is 1.65. The molecule has 2 rings (SSSR count). The van der Waals surface area contributed by atoms with E-state index >= 15 is 0 Å². The monoisotopic (exact) mass is 241 g/mol. The summed E-state index contributed by atoms with van der Waals surface area (Å²) in [6, 6.07) is 12.0. The minimum atomic E-state index is -0.319. The van der Waals surface area contributed by atoms with E-state index < -0.39 is 0 Å². The number of hydrogen-bond acceptors (Lipinski definition) is 2. The van der Waals surface area contributed by atoms with Crippen molar-refractivity contribution in [3.05, 3.63) is 54.2 Å². The smallest absolute Gasteiger partial charge is 0.330 e. The highest BCUT2D eigenvalue weighted by atomic mass is 16.5. The third kappa shape index (κ3) is 3.10. The van der Waals surface area contributed by atoms with Crippen molar-refractivity contribution >= 4 is 12.0 Å². The largest absolute Gasteiger partial charge is 0.463 e. The van der Waals surface area contributed by atoms with E-state index in [9.17, 15) is 4.79 Å². The molecule has 3 heteroatoms. The van der Waals surface area contributed by atoms with E-state index in [1.54, 1.807) is 13.0 Å². The highest BCUT2D eigenvalue weighted by Gasteiger charge is 2.00. The molecule has 1 heterocycles. The Labute approximate surface area is 106 Å². The van der Waals surface area contributed by atoms with E-state index in [1.807, 2.05) is 42.6 Å². The van der Waals surface area contributed by atoms with Crippen LogP contribution in [0.4, 0.5) is 0 Å². The number of benzene rings is 1. The van der Waals surface area contributed by atoms with Crippen molar-refractivity contribution in [2.45, 2.75) is 6.92 Å². The molecule has 0 radical (unpaired) electrons. The standard InChI is InChI=1S/C15H15NO2/c1-2-18-15(17)9-8-12-10-14(16-11-12)13-6-4-3-5-7-13/h3-11,16H,2H2,1H3. The van der Waals surface area contributed by atoms with Gasteiger partial charge >= 0.3 is 5.97 Å². The highest BCUT2D eigenvalue weighted by molar-refractivity contribution is 5.87. The van der Waals surface area contributed by atoms with Crippen LogP contribution in [0, 0.1) is 0 Å². The predicted octanol–water partition coefficient (Wildman–Crippen LogP) is 3.26. The second kappa shape index (κ2) is 5.87. The molecule has 1 aromatic heterocycles. The third-order valence-corrected chi connectivity index (χ3v) is 2.49. The Kier molecular flexibility index (Phi) is 3.97. The molecule has 0 fully saturated rings. The quantitative estimate of drug-likeness (QED) is 0.659. The molecule has 0 spiro atoms. The summed E-state index contributed by atoms with van der Waals surface area (Å²) in [5, 5.41) is 0. The van der Waals surface area contributed by atoms with Crippen LogP contribution in [-0.2, 0) is 9.53 Å². The topological polar surface area (TPSA) is 42.1 Å². The van der Waals surface area contributed by atoms with Gasteiger partial charge < -0.3 is 9.72 Å². The van der Waals surface area contributed by atoms with Crippen LogP contribution in [0.3, 0.4) is 0 Å². The average molecular weight is 241 g/mol. The molecular weight excluding hydrogens is 226 g/mol. The molecule has 0 bridgehead atoms. The summed E-state index contributed by atoms with van der Waals surface area (Å²) in [6.45, 7) is 2.18. The van der Waals surface area contributed by atoms with Crippen molar-refractivity contribution < 1.29 is 9.53 Å². The first-order valence-electron chi connectivity index (χ1n) is 5.88. The molecule has 0 atom stereocenters. The Bertz CT molecular complexity index is 541. The van der Waals surface area contributed by atoms with Crippen molar-refractivity contribution in [2.24, 2.45) is 0 Å². The van der Waals surface area contributed by atoms with E-state index in [0.29, 0.717) is 6.61 Å². The van der Waals surface area contributed by atoms with Crippen LogP contribution in [0.1, 0.15) is 12.5 Å². The fraction of sp³-hybridized carbons (Fsp3) is 0.133. The number of rotatable bonds is 4. The predicted molar refractivity (Wildman–Crippen MR) is 71.9 cm³/mol. The molecule has 0 aliphatic carbocycles. The van der Waals surface area contributed by atoms with Gasteiger partial charge in [0.1, 0.15) is 0 Å². The molecule has 0 unspecified atom stereocenters. The summed E-state index contributed by atoms with van der Waals surface area (Å²) in [4.78, 5) is 14.3. The van der Waals surface area contributed by atoms with Gasteiger partial charge in [0.15, 0.2) is 0 Å². The van der Waals surface area contributed by atoms with E-state index in [-0.39, 0.29) is 5.97 Å². The lowest BCUT2D eigenvalue weighted by atomic mass is 10.1. The number of H-pyrrole nitrogens is 1. The van der Waals surface area contributed by atoms with Crippen LogP contribution in [0.2, 0.25) is 0 Å². The minimum absolute atomic E-state index is 0.319. The molecule has 1 N–H and O–H groups in total. The van der Waals surface area contributed by atoms with E-state index in [0.717, 1.165) is 16.8 Å². The average Bonchev–Trinajstić information content (AvgIpc) is 2.87. The molecule has 2 aromatic rings. The summed E-state index contributed by atoms with van der Waals surface area (Å²) in [7, 11) is 0. The lowest BCUT2D eigenvalue weighted by Gasteiger charge is -1.95. The van der Waals surface area contributed by atoms with Gasteiger partial charge in [0.05, 0.1) is 6.61 Å². The number of carbonyl (C=O) groups excluding carboxylic acids is 1. The second-order valence-electron chi connectivity index (χ2n) is 3.80. The van der Waals surface area contributed by atoms with Gasteiger partial charge in [0, 0.05) is 18.0 Å². The molecular formula is C15H15NO2. The fourth-order valence-electron chi connectivity index (χ4n) is 1.65. The molecule has 3 nitrogen and oxygen atoms in total. The van der Waals surface area contributed by atoms with Gasteiger partial charge in [-0.3, -0.25) is 0 Å². The first-order chi connectivity index (χ1) is 8.79. The summed E-state index contributed by atoms with van der Waals surface area (Å²) in [5.74, 6) is -0.319. The van der Waals surface area contributed by atoms with E-state index in [1.165, 1.54) is 6.08 Å². The highest BCUT2D eigenvalue weighted by Crippen LogP contribution is 2.19. The Balaban J connectivity index is 2.09. The van der Waals surface area contributed by atoms with Crippen LogP contribution >= 0.6 is 0 Å². The van der Waals surface area contributed by atoms with Crippen LogP contribution in [0.25, 0.3) is 17.3 Å². The lowest BCUT2D eigenvalue weighted by molar-refractivity contribution is -0.137. The SMILES string of the molecule is CCOC(=O)C=Cc1c[nH]c(-c2ccccc2)c1. The zero-order valence-corrected chi connectivity index (χ0v) is 10.2. The van der Waals surface area contributed by atoms with Gasteiger partial charge in [0.25, 0.3) is 0 Å². The van der Waals surface area contributed by atoms with E-state index in [2.05, 4.69) is 4.98 Å². The summed E-state index contributed by atoms with van der Waals surface area (Å²) in [6.07, 6.45) is 5.03. The minimum Gasteiger partial charge on any atom is -0.463 e. The first-order valence-corrected chi connectivity index (χ1v) is 5.88. The van der Waals surface area contributed by atoms with Gasteiger partial charge in [0.2, 0.25) is 0 Å². The maximum absolute atomic E-state index is 11.2. The molecule has 0 saturated carbocycles. The number of ether oxygens (including phenoxy) is 1. The van der Waals surface area contributed by atoms with Gasteiger partial charge in [-0.15, -0.1) is 0 Å².